The number of benzene rings is 1. The van der Waals surface area contributed by atoms with Crippen molar-refractivity contribution in [3.8, 4) is 0 Å². The zero-order valence-corrected chi connectivity index (χ0v) is 13.5. The Morgan fingerprint density at radius 2 is 2.00 bits per heavy atom. The molecule has 2 aliphatic carbocycles. The highest BCUT2D eigenvalue weighted by molar-refractivity contribution is 6.30. The van der Waals surface area contributed by atoms with E-state index in [0.717, 1.165) is 42.7 Å². The average molecular weight is 310 g/mol. The molecule has 1 aromatic carbocycles. The van der Waals surface area contributed by atoms with Gasteiger partial charge >= 0.3 is 0 Å². The van der Waals surface area contributed by atoms with Gasteiger partial charge in [0.25, 0.3) is 0 Å². The quantitative estimate of drug-likeness (QED) is 0.794. The van der Waals surface area contributed by atoms with Crippen LogP contribution in [-0.4, -0.2) is 12.6 Å². The van der Waals surface area contributed by atoms with Crippen LogP contribution in [0, 0.1) is 23.6 Å². The molecule has 3 atom stereocenters. The molecule has 116 valence electrons. The van der Waals surface area contributed by atoms with Crippen LogP contribution in [0.1, 0.15) is 44.6 Å². The summed E-state index contributed by atoms with van der Waals surface area (Å²) < 4.78 is 14.0. The van der Waals surface area contributed by atoms with Gasteiger partial charge in [-0.1, -0.05) is 31.4 Å². The molecule has 3 heteroatoms. The van der Waals surface area contributed by atoms with E-state index >= 15 is 0 Å². The SMILES string of the molecule is CCCNC(Cc1cc(Cl)ccc1F)C1C2CCCCC21. The van der Waals surface area contributed by atoms with Crippen molar-refractivity contribution < 1.29 is 4.39 Å². The van der Waals surface area contributed by atoms with E-state index < -0.39 is 0 Å². The molecule has 0 aromatic heterocycles. The molecular weight excluding hydrogens is 285 g/mol. The summed E-state index contributed by atoms with van der Waals surface area (Å²) in [5.41, 5.74) is 0.764. The summed E-state index contributed by atoms with van der Waals surface area (Å²) in [7, 11) is 0. The summed E-state index contributed by atoms with van der Waals surface area (Å²) in [5, 5.41) is 4.31. The predicted octanol–water partition coefficient (Wildman–Crippen LogP) is 4.83. The van der Waals surface area contributed by atoms with Crippen molar-refractivity contribution in [3.63, 3.8) is 0 Å². The minimum Gasteiger partial charge on any atom is -0.313 e. The number of nitrogens with one attached hydrogen (secondary N) is 1. The molecule has 21 heavy (non-hydrogen) atoms. The van der Waals surface area contributed by atoms with Crippen LogP contribution in [0.25, 0.3) is 0 Å². The number of fused-ring (bicyclic) bond motifs is 1. The normalized spacial score (nSPS) is 29.0. The van der Waals surface area contributed by atoms with E-state index in [2.05, 4.69) is 12.2 Å². The lowest BCUT2D eigenvalue weighted by atomic mass is 9.99. The maximum Gasteiger partial charge on any atom is 0.126 e. The summed E-state index contributed by atoms with van der Waals surface area (Å²) in [6.07, 6.45) is 7.39. The average Bonchev–Trinajstić information content (AvgIpc) is 3.21. The molecule has 0 bridgehead atoms. The standard InChI is InChI=1S/C18H25ClFN/c1-2-9-21-17(18-14-5-3-4-6-15(14)18)11-12-10-13(19)7-8-16(12)20/h7-8,10,14-15,17-18,21H,2-6,9,11H2,1H3. The highest BCUT2D eigenvalue weighted by Crippen LogP contribution is 2.57. The van der Waals surface area contributed by atoms with Gasteiger partial charge in [0.05, 0.1) is 0 Å². The van der Waals surface area contributed by atoms with Crippen LogP contribution in [0.2, 0.25) is 5.02 Å². The minimum absolute atomic E-state index is 0.119. The van der Waals surface area contributed by atoms with Gasteiger partial charge in [-0.25, -0.2) is 4.39 Å². The van der Waals surface area contributed by atoms with Crippen molar-refractivity contribution >= 4 is 11.6 Å². The Hall–Kier alpha value is -0.600. The fraction of sp³-hybridized carbons (Fsp3) is 0.667. The molecule has 1 aromatic rings. The third-order valence-corrected chi connectivity index (χ3v) is 5.53. The van der Waals surface area contributed by atoms with Crippen molar-refractivity contribution in [3.05, 3.63) is 34.6 Å². The first kappa shape index (κ1) is 15.3. The highest BCUT2D eigenvalue weighted by Gasteiger charge is 2.53. The molecule has 0 radical (unpaired) electrons. The molecule has 1 nitrogen and oxygen atoms in total. The Labute approximate surface area is 132 Å². The molecule has 0 saturated heterocycles. The first-order valence-corrected chi connectivity index (χ1v) is 8.75. The van der Waals surface area contributed by atoms with Gasteiger partial charge in [0.15, 0.2) is 0 Å². The van der Waals surface area contributed by atoms with E-state index in [9.17, 15) is 4.39 Å². The molecule has 0 aliphatic heterocycles. The van der Waals surface area contributed by atoms with Gasteiger partial charge in [-0.05, 0) is 73.7 Å². The third kappa shape index (κ3) is 3.43. The molecule has 2 fully saturated rings. The summed E-state index contributed by atoms with van der Waals surface area (Å²) >= 11 is 6.03. The second-order valence-corrected chi connectivity index (χ2v) is 7.13. The van der Waals surface area contributed by atoms with Gasteiger partial charge in [0.2, 0.25) is 0 Å². The fourth-order valence-electron chi connectivity index (χ4n) is 4.26. The Morgan fingerprint density at radius 1 is 1.29 bits per heavy atom. The van der Waals surface area contributed by atoms with Crippen LogP contribution < -0.4 is 5.32 Å². The van der Waals surface area contributed by atoms with Crippen molar-refractivity contribution in [2.75, 3.05) is 6.54 Å². The zero-order valence-electron chi connectivity index (χ0n) is 12.7. The second-order valence-electron chi connectivity index (χ2n) is 6.69. The largest absolute Gasteiger partial charge is 0.313 e. The van der Waals surface area contributed by atoms with E-state index in [1.165, 1.54) is 31.7 Å². The van der Waals surface area contributed by atoms with E-state index in [1.54, 1.807) is 12.1 Å². The van der Waals surface area contributed by atoms with Crippen LogP contribution in [0.4, 0.5) is 4.39 Å². The number of hydrogen-bond donors (Lipinski definition) is 1. The molecular formula is C18H25ClFN. The first-order valence-electron chi connectivity index (χ1n) is 8.38. The monoisotopic (exact) mass is 309 g/mol. The molecule has 0 amide bonds. The molecule has 2 aliphatic rings. The molecule has 0 heterocycles. The lowest BCUT2D eigenvalue weighted by Crippen LogP contribution is -2.35. The summed E-state index contributed by atoms with van der Waals surface area (Å²) in [6.45, 7) is 3.20. The lowest BCUT2D eigenvalue weighted by Gasteiger charge is -2.20. The van der Waals surface area contributed by atoms with Gasteiger partial charge in [-0.3, -0.25) is 0 Å². The van der Waals surface area contributed by atoms with Gasteiger partial charge in [-0.15, -0.1) is 0 Å². The van der Waals surface area contributed by atoms with E-state index in [0.29, 0.717) is 11.1 Å². The smallest absolute Gasteiger partial charge is 0.126 e. The zero-order chi connectivity index (χ0) is 14.8. The Morgan fingerprint density at radius 3 is 2.67 bits per heavy atom. The third-order valence-electron chi connectivity index (χ3n) is 5.29. The molecule has 1 N–H and O–H groups in total. The molecule has 2 saturated carbocycles. The van der Waals surface area contributed by atoms with Gasteiger partial charge in [0.1, 0.15) is 5.82 Å². The number of halogens is 2. The first-order chi connectivity index (χ1) is 10.2. The van der Waals surface area contributed by atoms with E-state index in [-0.39, 0.29) is 5.82 Å². The molecule has 3 rings (SSSR count). The topological polar surface area (TPSA) is 12.0 Å². The highest BCUT2D eigenvalue weighted by atomic mass is 35.5. The Kier molecular flexibility index (Phi) is 4.85. The summed E-state index contributed by atoms with van der Waals surface area (Å²) in [6, 6.07) is 5.33. The maximum absolute atomic E-state index is 14.0. The summed E-state index contributed by atoms with van der Waals surface area (Å²) in [4.78, 5) is 0. The Bertz CT molecular complexity index is 478. The van der Waals surface area contributed by atoms with E-state index in [4.69, 9.17) is 11.6 Å². The minimum atomic E-state index is -0.119. The van der Waals surface area contributed by atoms with Crippen molar-refractivity contribution in [2.24, 2.45) is 17.8 Å². The Balaban J connectivity index is 1.72. The van der Waals surface area contributed by atoms with Crippen molar-refractivity contribution in [1.29, 1.82) is 0 Å². The second kappa shape index (κ2) is 6.66. The van der Waals surface area contributed by atoms with Crippen LogP contribution >= 0.6 is 11.6 Å². The fourth-order valence-corrected chi connectivity index (χ4v) is 4.45. The lowest BCUT2D eigenvalue weighted by molar-refractivity contribution is 0.421. The number of hydrogen-bond acceptors (Lipinski definition) is 1. The van der Waals surface area contributed by atoms with Crippen molar-refractivity contribution in [2.45, 2.75) is 51.5 Å². The summed E-state index contributed by atoms with van der Waals surface area (Å²) in [5.74, 6) is 2.40. The van der Waals surface area contributed by atoms with Gasteiger partial charge in [0, 0.05) is 11.1 Å². The predicted molar refractivity (Wildman–Crippen MR) is 86.1 cm³/mol. The van der Waals surface area contributed by atoms with Crippen LogP contribution in [-0.2, 0) is 6.42 Å². The van der Waals surface area contributed by atoms with E-state index in [1.807, 2.05) is 0 Å². The van der Waals surface area contributed by atoms with Gasteiger partial charge in [-0.2, -0.15) is 0 Å². The van der Waals surface area contributed by atoms with Gasteiger partial charge < -0.3 is 5.32 Å². The van der Waals surface area contributed by atoms with Crippen LogP contribution in [0.3, 0.4) is 0 Å². The van der Waals surface area contributed by atoms with Crippen molar-refractivity contribution in [1.82, 2.24) is 5.32 Å². The van der Waals surface area contributed by atoms with Crippen LogP contribution in [0.5, 0.6) is 0 Å². The molecule has 0 spiro atoms. The maximum atomic E-state index is 14.0. The van der Waals surface area contributed by atoms with Crippen LogP contribution in [0.15, 0.2) is 18.2 Å². The number of rotatable bonds is 6. The molecule has 3 unspecified atom stereocenters.